The van der Waals surface area contributed by atoms with Crippen molar-refractivity contribution >= 4 is 6.09 Å². The number of carbonyl (C=O) groups excluding carboxylic acids is 1. The molecule has 2 rings (SSSR count). The van der Waals surface area contributed by atoms with Crippen LogP contribution in [-0.2, 0) is 11.2 Å². The zero-order valence-corrected chi connectivity index (χ0v) is 13.9. The summed E-state index contributed by atoms with van der Waals surface area (Å²) in [5, 5.41) is 2.94. The monoisotopic (exact) mass is 293 g/mol. The van der Waals surface area contributed by atoms with E-state index in [4.69, 9.17) is 9.72 Å². The minimum Gasteiger partial charge on any atom is -0.444 e. The number of alkyl carbamates (subject to hydrolysis) is 1. The molecule has 1 heterocycles. The molecule has 0 aromatic carbocycles. The van der Waals surface area contributed by atoms with Gasteiger partial charge in [-0.2, -0.15) is 0 Å². The molecular formula is C16H27N3O2. The average molecular weight is 293 g/mol. The van der Waals surface area contributed by atoms with Gasteiger partial charge in [-0.15, -0.1) is 0 Å². The molecule has 1 aromatic rings. The van der Waals surface area contributed by atoms with Gasteiger partial charge in [-0.3, -0.25) is 0 Å². The van der Waals surface area contributed by atoms with Crippen molar-refractivity contribution in [3.63, 3.8) is 0 Å². The molecule has 2 atom stereocenters. The van der Waals surface area contributed by atoms with Gasteiger partial charge in [0, 0.05) is 11.6 Å². The third-order valence-corrected chi connectivity index (χ3v) is 3.76. The van der Waals surface area contributed by atoms with Crippen LogP contribution in [-0.4, -0.2) is 21.7 Å². The second kappa shape index (κ2) is 5.70. The second-order valence-electron chi connectivity index (χ2n) is 7.29. The lowest BCUT2D eigenvalue weighted by Crippen LogP contribution is -2.37. The van der Waals surface area contributed by atoms with Gasteiger partial charge in [0.15, 0.2) is 0 Å². The Labute approximate surface area is 126 Å². The highest BCUT2D eigenvalue weighted by molar-refractivity contribution is 5.68. The van der Waals surface area contributed by atoms with Crippen molar-refractivity contribution < 1.29 is 9.53 Å². The number of rotatable bonds is 3. The second-order valence-corrected chi connectivity index (χ2v) is 7.29. The Morgan fingerprint density at radius 2 is 2.10 bits per heavy atom. The smallest absolute Gasteiger partial charge is 0.408 e. The first kappa shape index (κ1) is 15.9. The predicted molar refractivity (Wildman–Crippen MR) is 82.3 cm³/mol. The number of fused-ring (bicyclic) bond motifs is 1. The van der Waals surface area contributed by atoms with E-state index in [0.717, 1.165) is 24.4 Å². The fourth-order valence-corrected chi connectivity index (χ4v) is 2.67. The third kappa shape index (κ3) is 3.77. The molecule has 5 nitrogen and oxygen atoms in total. The van der Waals surface area contributed by atoms with E-state index >= 15 is 0 Å². The maximum atomic E-state index is 12.0. The van der Waals surface area contributed by atoms with Gasteiger partial charge in [-0.1, -0.05) is 20.8 Å². The zero-order valence-electron chi connectivity index (χ0n) is 13.9. The Morgan fingerprint density at radius 3 is 2.62 bits per heavy atom. The quantitative estimate of drug-likeness (QED) is 0.893. The van der Waals surface area contributed by atoms with E-state index in [1.807, 2.05) is 20.8 Å². The van der Waals surface area contributed by atoms with Gasteiger partial charge >= 0.3 is 6.09 Å². The van der Waals surface area contributed by atoms with E-state index in [9.17, 15) is 4.79 Å². The molecular weight excluding hydrogens is 266 g/mol. The molecule has 21 heavy (non-hydrogen) atoms. The maximum absolute atomic E-state index is 12.0. The minimum atomic E-state index is -0.495. The van der Waals surface area contributed by atoms with Crippen molar-refractivity contribution in [3.05, 3.63) is 17.2 Å². The molecule has 5 heteroatoms. The Morgan fingerprint density at radius 1 is 1.43 bits per heavy atom. The summed E-state index contributed by atoms with van der Waals surface area (Å²) in [6, 6.07) is -0.155. The van der Waals surface area contributed by atoms with Crippen LogP contribution in [0.3, 0.4) is 0 Å². The van der Waals surface area contributed by atoms with Crippen LogP contribution in [0.2, 0.25) is 0 Å². The zero-order chi connectivity index (χ0) is 15.8. The molecule has 2 N–H and O–H groups in total. The van der Waals surface area contributed by atoms with Gasteiger partial charge in [-0.05, 0) is 39.5 Å². The highest BCUT2D eigenvalue weighted by atomic mass is 16.6. The topological polar surface area (TPSA) is 67.0 Å². The van der Waals surface area contributed by atoms with Gasteiger partial charge in [0.05, 0.1) is 11.7 Å². The first-order valence-corrected chi connectivity index (χ1v) is 7.75. The van der Waals surface area contributed by atoms with Crippen molar-refractivity contribution in [2.75, 3.05) is 0 Å². The Bertz CT molecular complexity index is 514. The first-order valence-electron chi connectivity index (χ1n) is 7.75. The molecule has 1 amide bonds. The molecule has 0 spiro atoms. The summed E-state index contributed by atoms with van der Waals surface area (Å²) in [6.07, 6.45) is 1.80. The fourth-order valence-electron chi connectivity index (χ4n) is 2.67. The number of aryl methyl sites for hydroxylation is 1. The number of hydrogen-bond donors (Lipinski definition) is 2. The van der Waals surface area contributed by atoms with Crippen LogP contribution >= 0.6 is 0 Å². The number of nitrogens with zero attached hydrogens (tertiary/aromatic N) is 1. The van der Waals surface area contributed by atoms with Gasteiger partial charge < -0.3 is 15.0 Å². The van der Waals surface area contributed by atoms with E-state index in [1.54, 1.807) is 0 Å². The van der Waals surface area contributed by atoms with Crippen molar-refractivity contribution in [1.29, 1.82) is 0 Å². The number of imidazole rings is 1. The van der Waals surface area contributed by atoms with Crippen molar-refractivity contribution in [1.82, 2.24) is 15.3 Å². The Balaban J connectivity index is 2.13. The standard InChI is InChI=1S/C16H27N3O2/c1-9(2)12(19-15(20)21-16(4,5)6)14-17-11-8-7-10(3)13(11)18-14/h9-10,12H,7-8H2,1-6H3,(H,17,18)(H,19,20)/t10?,12-/m0/s1. The summed E-state index contributed by atoms with van der Waals surface area (Å²) in [6.45, 7) is 11.9. The number of hydrogen-bond acceptors (Lipinski definition) is 3. The molecule has 1 aliphatic carbocycles. The number of H-pyrrole nitrogens is 1. The molecule has 118 valence electrons. The molecule has 1 aliphatic rings. The van der Waals surface area contributed by atoms with Crippen LogP contribution < -0.4 is 5.32 Å². The van der Waals surface area contributed by atoms with Crippen LogP contribution in [0.25, 0.3) is 0 Å². The van der Waals surface area contributed by atoms with E-state index < -0.39 is 11.7 Å². The number of aromatic amines is 1. The van der Waals surface area contributed by atoms with Gasteiger partial charge in [0.2, 0.25) is 0 Å². The average Bonchev–Trinajstić information content (AvgIpc) is 2.86. The first-order chi connectivity index (χ1) is 9.67. The summed E-state index contributed by atoms with van der Waals surface area (Å²) < 4.78 is 5.35. The van der Waals surface area contributed by atoms with Crippen LogP contribution in [0, 0.1) is 5.92 Å². The minimum absolute atomic E-state index is 0.155. The lowest BCUT2D eigenvalue weighted by molar-refractivity contribution is 0.0486. The highest BCUT2D eigenvalue weighted by Crippen LogP contribution is 2.32. The molecule has 0 fully saturated rings. The fraction of sp³-hybridized carbons (Fsp3) is 0.750. The maximum Gasteiger partial charge on any atom is 0.408 e. The molecule has 1 unspecified atom stereocenters. The number of nitrogens with one attached hydrogen (secondary N) is 2. The van der Waals surface area contributed by atoms with E-state index in [0.29, 0.717) is 5.92 Å². The summed E-state index contributed by atoms with van der Waals surface area (Å²) in [7, 11) is 0. The largest absolute Gasteiger partial charge is 0.444 e. The van der Waals surface area contributed by atoms with Crippen molar-refractivity contribution in [2.45, 2.75) is 71.9 Å². The lowest BCUT2D eigenvalue weighted by atomic mass is 10.0. The summed E-state index contributed by atoms with van der Waals surface area (Å²) in [4.78, 5) is 20.1. The van der Waals surface area contributed by atoms with Crippen LogP contribution in [0.5, 0.6) is 0 Å². The summed E-state index contributed by atoms with van der Waals surface area (Å²) in [5.74, 6) is 1.57. The number of carbonyl (C=O) groups is 1. The molecule has 0 saturated carbocycles. The van der Waals surface area contributed by atoms with Crippen molar-refractivity contribution in [2.24, 2.45) is 5.92 Å². The summed E-state index contributed by atoms with van der Waals surface area (Å²) >= 11 is 0. The van der Waals surface area contributed by atoms with Crippen LogP contribution in [0.15, 0.2) is 0 Å². The van der Waals surface area contributed by atoms with E-state index in [-0.39, 0.29) is 12.0 Å². The van der Waals surface area contributed by atoms with Crippen LogP contribution in [0.1, 0.15) is 77.1 Å². The number of amides is 1. The Kier molecular flexibility index (Phi) is 4.30. The van der Waals surface area contributed by atoms with Gasteiger partial charge in [0.25, 0.3) is 0 Å². The van der Waals surface area contributed by atoms with Gasteiger partial charge in [0.1, 0.15) is 11.4 Å². The molecule has 0 saturated heterocycles. The molecule has 0 radical (unpaired) electrons. The predicted octanol–water partition coefficient (Wildman–Crippen LogP) is 3.68. The molecule has 1 aromatic heterocycles. The number of aromatic nitrogens is 2. The molecule has 0 bridgehead atoms. The third-order valence-electron chi connectivity index (χ3n) is 3.76. The normalized spacial score (nSPS) is 19.5. The van der Waals surface area contributed by atoms with E-state index in [2.05, 4.69) is 31.1 Å². The Hall–Kier alpha value is -1.52. The lowest BCUT2D eigenvalue weighted by Gasteiger charge is -2.24. The van der Waals surface area contributed by atoms with Crippen molar-refractivity contribution in [3.8, 4) is 0 Å². The SMILES string of the molecule is CC1CCc2[nH]c([C@@H](NC(=O)OC(C)(C)C)C(C)C)nc21. The molecule has 0 aliphatic heterocycles. The summed E-state index contributed by atoms with van der Waals surface area (Å²) in [5.41, 5.74) is 1.88. The van der Waals surface area contributed by atoms with Crippen LogP contribution in [0.4, 0.5) is 4.79 Å². The van der Waals surface area contributed by atoms with E-state index in [1.165, 1.54) is 5.69 Å². The number of ether oxygens (including phenoxy) is 1. The van der Waals surface area contributed by atoms with Gasteiger partial charge in [-0.25, -0.2) is 9.78 Å². The highest BCUT2D eigenvalue weighted by Gasteiger charge is 2.29.